The van der Waals surface area contributed by atoms with Crippen molar-refractivity contribution in [1.29, 1.82) is 0 Å². The molecule has 24 heavy (non-hydrogen) atoms. The highest BCUT2D eigenvalue weighted by Gasteiger charge is 2.50. The lowest BCUT2D eigenvalue weighted by Gasteiger charge is -2.49. The van der Waals surface area contributed by atoms with Gasteiger partial charge in [-0.3, -0.25) is 4.79 Å². The Morgan fingerprint density at radius 1 is 1.29 bits per heavy atom. The number of amides is 1. The van der Waals surface area contributed by atoms with E-state index in [1.54, 1.807) is 0 Å². The van der Waals surface area contributed by atoms with E-state index in [0.717, 1.165) is 36.1 Å². The highest BCUT2D eigenvalue weighted by Crippen LogP contribution is 2.61. The number of rotatable bonds is 4. The summed E-state index contributed by atoms with van der Waals surface area (Å²) in [5, 5.41) is 2.82. The van der Waals surface area contributed by atoms with Gasteiger partial charge in [0.05, 0.1) is 12.3 Å². The topological polar surface area (TPSA) is 38.3 Å². The molecular formula is C21H29NO2. The fraction of sp³-hybridized carbons (Fsp3) is 0.667. The van der Waals surface area contributed by atoms with Crippen LogP contribution in [0.25, 0.3) is 0 Å². The summed E-state index contributed by atoms with van der Waals surface area (Å²) in [4.78, 5) is 10.9. The third-order valence-corrected chi connectivity index (χ3v) is 7.12. The maximum Gasteiger partial charge on any atom is 0.211 e. The van der Waals surface area contributed by atoms with Crippen LogP contribution in [-0.2, 0) is 11.2 Å². The molecular weight excluding hydrogens is 298 g/mol. The maximum atomic E-state index is 10.9. The van der Waals surface area contributed by atoms with Gasteiger partial charge in [0.15, 0.2) is 0 Å². The zero-order chi connectivity index (χ0) is 16.7. The molecule has 4 atom stereocenters. The summed E-state index contributed by atoms with van der Waals surface area (Å²) < 4.78 is 5.82. The number of fused-ring (bicyclic) bond motifs is 5. The van der Waals surface area contributed by atoms with Crippen molar-refractivity contribution in [3.8, 4) is 5.75 Å². The van der Waals surface area contributed by atoms with E-state index in [0.29, 0.717) is 17.9 Å². The summed E-state index contributed by atoms with van der Waals surface area (Å²) in [7, 11) is 0. The molecule has 1 amide bonds. The predicted octanol–water partition coefficient (Wildman–Crippen LogP) is 4.90. The third kappa shape index (κ3) is 2.44. The summed E-state index contributed by atoms with van der Waals surface area (Å²) >= 11 is 0. The van der Waals surface area contributed by atoms with E-state index in [1.807, 2.05) is 6.92 Å². The van der Waals surface area contributed by atoms with Gasteiger partial charge in [-0.1, -0.05) is 13.3 Å². The Morgan fingerprint density at radius 3 is 2.96 bits per heavy atom. The Morgan fingerprint density at radius 2 is 2.17 bits per heavy atom. The summed E-state index contributed by atoms with van der Waals surface area (Å²) in [6, 6.07) is 4.40. The van der Waals surface area contributed by atoms with Crippen LogP contribution >= 0.6 is 0 Å². The van der Waals surface area contributed by atoms with Crippen LogP contribution in [0, 0.1) is 17.3 Å². The average molecular weight is 327 g/mol. The molecule has 2 saturated carbocycles. The van der Waals surface area contributed by atoms with Crippen molar-refractivity contribution >= 4 is 12.1 Å². The molecule has 0 spiro atoms. The number of hydrogen-bond acceptors (Lipinski definition) is 2. The predicted molar refractivity (Wildman–Crippen MR) is 96.5 cm³/mol. The van der Waals surface area contributed by atoms with Crippen molar-refractivity contribution in [3.05, 3.63) is 23.3 Å². The zero-order valence-corrected chi connectivity index (χ0v) is 14.9. The molecule has 0 heterocycles. The van der Waals surface area contributed by atoms with Crippen molar-refractivity contribution < 1.29 is 9.53 Å². The van der Waals surface area contributed by atoms with Gasteiger partial charge in [-0.25, -0.2) is 0 Å². The first-order valence-electron chi connectivity index (χ1n) is 9.66. The fourth-order valence-corrected chi connectivity index (χ4v) is 6.04. The summed E-state index contributed by atoms with van der Waals surface area (Å²) in [5.74, 6) is 3.28. The van der Waals surface area contributed by atoms with Crippen LogP contribution in [0.1, 0.15) is 69.4 Å². The molecule has 1 aromatic carbocycles. The summed E-state index contributed by atoms with van der Waals surface area (Å²) in [6.45, 7) is 5.16. The maximum absolute atomic E-state index is 10.9. The number of hydrogen-bond donors (Lipinski definition) is 1. The summed E-state index contributed by atoms with van der Waals surface area (Å²) in [6.07, 6.45) is 10.2. The normalized spacial score (nSPS) is 34.0. The monoisotopic (exact) mass is 327 g/mol. The Balaban J connectivity index is 1.70. The zero-order valence-electron chi connectivity index (χ0n) is 14.9. The Bertz CT molecular complexity index is 641. The standard InChI is InChI=1S/C21H29NO2/c1-3-24-20-12-17-14(11-19(20)22-13-23)6-7-16-15(17)8-10-21(2)9-4-5-18(16)21/h11-13,15-16,18H,3-10H2,1-2H3,(H,22,23)/t15?,16?,18?,21-/m0/s1. The lowest BCUT2D eigenvalue weighted by atomic mass is 9.56. The SMILES string of the molecule is CCOc1cc2c(cc1NC=O)CCC1C2CC[C@]2(C)CCCC12. The van der Waals surface area contributed by atoms with Gasteiger partial charge in [-0.05, 0) is 91.9 Å². The van der Waals surface area contributed by atoms with Crippen molar-refractivity contribution in [3.63, 3.8) is 0 Å². The van der Waals surface area contributed by atoms with Crippen LogP contribution in [0.3, 0.4) is 0 Å². The van der Waals surface area contributed by atoms with Gasteiger partial charge in [0.25, 0.3) is 0 Å². The largest absolute Gasteiger partial charge is 0.492 e. The smallest absolute Gasteiger partial charge is 0.211 e. The average Bonchev–Trinajstić information content (AvgIpc) is 2.97. The second kappa shape index (κ2) is 6.09. The molecule has 0 saturated heterocycles. The highest BCUT2D eigenvalue weighted by atomic mass is 16.5. The van der Waals surface area contributed by atoms with E-state index in [1.165, 1.54) is 49.7 Å². The molecule has 3 aliphatic carbocycles. The molecule has 0 aliphatic heterocycles. The third-order valence-electron chi connectivity index (χ3n) is 7.12. The Hall–Kier alpha value is -1.51. The van der Waals surface area contributed by atoms with Gasteiger partial charge < -0.3 is 10.1 Å². The minimum Gasteiger partial charge on any atom is -0.492 e. The van der Waals surface area contributed by atoms with Crippen molar-refractivity contribution in [1.82, 2.24) is 0 Å². The lowest BCUT2D eigenvalue weighted by molar-refractivity contribution is -0.105. The number of anilines is 1. The van der Waals surface area contributed by atoms with Crippen LogP contribution in [0.2, 0.25) is 0 Å². The molecule has 130 valence electrons. The van der Waals surface area contributed by atoms with Crippen LogP contribution in [-0.4, -0.2) is 13.0 Å². The highest BCUT2D eigenvalue weighted by molar-refractivity contribution is 5.76. The molecule has 3 heteroatoms. The number of nitrogens with one attached hydrogen (secondary N) is 1. The molecule has 1 N–H and O–H groups in total. The van der Waals surface area contributed by atoms with Gasteiger partial charge in [0.2, 0.25) is 6.41 Å². The van der Waals surface area contributed by atoms with Crippen LogP contribution in [0.15, 0.2) is 12.1 Å². The second-order valence-corrected chi connectivity index (χ2v) is 8.24. The molecule has 2 fully saturated rings. The molecule has 3 unspecified atom stereocenters. The number of carbonyl (C=O) groups excluding carboxylic acids is 1. The molecule has 3 nitrogen and oxygen atoms in total. The first-order valence-corrected chi connectivity index (χ1v) is 9.66. The first-order chi connectivity index (χ1) is 11.7. The molecule has 1 aromatic rings. The second-order valence-electron chi connectivity index (χ2n) is 8.24. The van der Waals surface area contributed by atoms with E-state index in [2.05, 4.69) is 24.4 Å². The Kier molecular flexibility index (Phi) is 4.06. The van der Waals surface area contributed by atoms with Crippen LogP contribution < -0.4 is 10.1 Å². The van der Waals surface area contributed by atoms with E-state index in [9.17, 15) is 4.79 Å². The van der Waals surface area contributed by atoms with E-state index in [4.69, 9.17) is 4.74 Å². The minimum absolute atomic E-state index is 0.598. The van der Waals surface area contributed by atoms with Gasteiger partial charge in [-0.15, -0.1) is 0 Å². The first kappa shape index (κ1) is 16.0. The molecule has 0 radical (unpaired) electrons. The fourth-order valence-electron chi connectivity index (χ4n) is 6.04. The van der Waals surface area contributed by atoms with Crippen LogP contribution in [0.5, 0.6) is 5.75 Å². The lowest BCUT2D eigenvalue weighted by Crippen LogP contribution is -2.39. The summed E-state index contributed by atoms with van der Waals surface area (Å²) in [5.41, 5.74) is 4.34. The molecule has 0 aromatic heterocycles. The number of aryl methyl sites for hydroxylation is 1. The number of benzene rings is 1. The molecule has 4 rings (SSSR count). The number of carbonyl (C=O) groups is 1. The van der Waals surface area contributed by atoms with E-state index in [-0.39, 0.29) is 0 Å². The van der Waals surface area contributed by atoms with Gasteiger partial charge in [0.1, 0.15) is 5.75 Å². The van der Waals surface area contributed by atoms with Crippen molar-refractivity contribution in [2.45, 2.75) is 64.7 Å². The Labute approximate surface area is 145 Å². The minimum atomic E-state index is 0.598. The van der Waals surface area contributed by atoms with Crippen molar-refractivity contribution in [2.75, 3.05) is 11.9 Å². The number of ether oxygens (including phenoxy) is 1. The van der Waals surface area contributed by atoms with Crippen LogP contribution in [0.4, 0.5) is 5.69 Å². The van der Waals surface area contributed by atoms with Crippen molar-refractivity contribution in [2.24, 2.45) is 17.3 Å². The van der Waals surface area contributed by atoms with E-state index >= 15 is 0 Å². The van der Waals surface area contributed by atoms with Gasteiger partial charge >= 0.3 is 0 Å². The quantitative estimate of drug-likeness (QED) is 0.799. The van der Waals surface area contributed by atoms with Gasteiger partial charge in [0, 0.05) is 0 Å². The molecule has 3 aliphatic rings. The van der Waals surface area contributed by atoms with E-state index < -0.39 is 0 Å². The van der Waals surface area contributed by atoms with Gasteiger partial charge in [-0.2, -0.15) is 0 Å². The molecule has 0 bridgehead atoms.